The fourth-order valence-electron chi connectivity index (χ4n) is 1.21. The molecule has 0 fully saturated rings. The number of rotatable bonds is 2. The zero-order valence-electron chi connectivity index (χ0n) is 8.64. The average Bonchev–Trinajstić information content (AvgIpc) is 2.25. The largest absolute Gasteiger partial charge is 0.435 e. The van der Waals surface area contributed by atoms with E-state index in [1.165, 1.54) is 6.20 Å². The molecule has 0 atom stereocenters. The van der Waals surface area contributed by atoms with Gasteiger partial charge < -0.3 is 10.5 Å². The van der Waals surface area contributed by atoms with Gasteiger partial charge in [-0.15, -0.1) is 0 Å². The molecule has 5 heteroatoms. The van der Waals surface area contributed by atoms with Gasteiger partial charge in [0.05, 0.1) is 16.4 Å². The molecule has 4 nitrogen and oxygen atoms in total. The molecule has 0 aliphatic rings. The third kappa shape index (κ3) is 2.23. The molecule has 0 amide bonds. The van der Waals surface area contributed by atoms with E-state index in [9.17, 15) is 0 Å². The zero-order valence-corrected chi connectivity index (χ0v) is 9.40. The van der Waals surface area contributed by atoms with Gasteiger partial charge in [-0.1, -0.05) is 11.6 Å². The molecule has 0 aliphatic heterocycles. The first-order valence-corrected chi connectivity index (χ1v) is 5.05. The predicted octanol–water partition coefficient (Wildman–Crippen LogP) is 2.81. The number of hydrogen-bond donors (Lipinski definition) is 1. The first-order valence-electron chi connectivity index (χ1n) is 4.67. The van der Waals surface area contributed by atoms with Crippen LogP contribution in [-0.4, -0.2) is 9.97 Å². The van der Waals surface area contributed by atoms with Crippen LogP contribution >= 0.6 is 11.6 Å². The lowest BCUT2D eigenvalue weighted by molar-refractivity contribution is 0.459. The first kappa shape index (κ1) is 10.7. The standard InChI is InChI=1S/C11H10ClN3O/c1-7-10(3-2-4-14-7)16-11-9(13)5-8(12)6-15-11/h2-6H,13H2,1H3. The minimum absolute atomic E-state index is 0.334. The zero-order chi connectivity index (χ0) is 11.5. The Kier molecular flexibility index (Phi) is 2.92. The monoisotopic (exact) mass is 235 g/mol. The number of halogens is 1. The highest BCUT2D eigenvalue weighted by atomic mass is 35.5. The summed E-state index contributed by atoms with van der Waals surface area (Å²) < 4.78 is 5.54. The Morgan fingerprint density at radius 2 is 2.19 bits per heavy atom. The Morgan fingerprint density at radius 3 is 2.88 bits per heavy atom. The van der Waals surface area contributed by atoms with Gasteiger partial charge in [0.15, 0.2) is 5.75 Å². The number of nitrogens with zero attached hydrogens (tertiary/aromatic N) is 2. The van der Waals surface area contributed by atoms with Gasteiger partial charge >= 0.3 is 0 Å². The van der Waals surface area contributed by atoms with E-state index in [0.29, 0.717) is 22.3 Å². The minimum atomic E-state index is 0.334. The van der Waals surface area contributed by atoms with Crippen molar-refractivity contribution in [3.05, 3.63) is 41.3 Å². The molecule has 0 aromatic carbocycles. The second kappa shape index (κ2) is 4.37. The van der Waals surface area contributed by atoms with Crippen LogP contribution in [-0.2, 0) is 0 Å². The molecule has 2 aromatic rings. The van der Waals surface area contributed by atoms with Crippen molar-refractivity contribution in [2.24, 2.45) is 0 Å². The van der Waals surface area contributed by atoms with Crippen LogP contribution in [0.25, 0.3) is 0 Å². The molecule has 16 heavy (non-hydrogen) atoms. The predicted molar refractivity (Wildman–Crippen MR) is 62.7 cm³/mol. The molecule has 0 radical (unpaired) electrons. The van der Waals surface area contributed by atoms with Gasteiger partial charge in [0.1, 0.15) is 0 Å². The van der Waals surface area contributed by atoms with E-state index in [1.807, 2.05) is 6.92 Å². The summed E-state index contributed by atoms with van der Waals surface area (Å²) in [5.74, 6) is 0.963. The SMILES string of the molecule is Cc1ncccc1Oc1ncc(Cl)cc1N. The molecule has 2 heterocycles. The number of ether oxygens (including phenoxy) is 1. The number of aromatic nitrogens is 2. The van der Waals surface area contributed by atoms with E-state index in [-0.39, 0.29) is 0 Å². The van der Waals surface area contributed by atoms with Crippen LogP contribution in [0.4, 0.5) is 5.69 Å². The van der Waals surface area contributed by atoms with Gasteiger partial charge in [-0.3, -0.25) is 4.98 Å². The van der Waals surface area contributed by atoms with Gasteiger partial charge in [0, 0.05) is 12.4 Å². The van der Waals surface area contributed by atoms with Gasteiger partial charge in [-0.25, -0.2) is 4.98 Å². The molecule has 2 rings (SSSR count). The van der Waals surface area contributed by atoms with Crippen LogP contribution in [0.3, 0.4) is 0 Å². The van der Waals surface area contributed by atoms with E-state index < -0.39 is 0 Å². The van der Waals surface area contributed by atoms with Crippen LogP contribution in [0, 0.1) is 6.92 Å². The van der Waals surface area contributed by atoms with Gasteiger partial charge in [0.25, 0.3) is 0 Å². The molecule has 2 aromatic heterocycles. The lowest BCUT2D eigenvalue weighted by Crippen LogP contribution is -1.96. The highest BCUT2D eigenvalue weighted by Crippen LogP contribution is 2.27. The lowest BCUT2D eigenvalue weighted by Gasteiger charge is -2.08. The number of pyridine rings is 2. The molecule has 0 spiro atoms. The van der Waals surface area contributed by atoms with Crippen LogP contribution < -0.4 is 10.5 Å². The van der Waals surface area contributed by atoms with E-state index in [4.69, 9.17) is 22.1 Å². The summed E-state index contributed by atoms with van der Waals surface area (Å²) in [6.45, 7) is 1.85. The quantitative estimate of drug-likeness (QED) is 0.870. The van der Waals surface area contributed by atoms with Crippen LogP contribution in [0.1, 0.15) is 5.69 Å². The van der Waals surface area contributed by atoms with Crippen molar-refractivity contribution in [2.75, 3.05) is 5.73 Å². The van der Waals surface area contributed by atoms with E-state index in [0.717, 1.165) is 5.69 Å². The normalized spacial score (nSPS) is 10.1. The molecule has 0 saturated carbocycles. The number of anilines is 1. The van der Waals surface area contributed by atoms with Crippen molar-refractivity contribution in [3.63, 3.8) is 0 Å². The highest BCUT2D eigenvalue weighted by molar-refractivity contribution is 6.30. The Hall–Kier alpha value is -1.81. The Labute approximate surface area is 98.0 Å². The van der Waals surface area contributed by atoms with E-state index in [1.54, 1.807) is 24.4 Å². The lowest BCUT2D eigenvalue weighted by atomic mass is 10.3. The smallest absolute Gasteiger partial charge is 0.242 e. The Morgan fingerprint density at radius 1 is 1.38 bits per heavy atom. The number of nitrogen functional groups attached to an aromatic ring is 1. The van der Waals surface area contributed by atoms with Gasteiger partial charge in [-0.05, 0) is 25.1 Å². The number of hydrogen-bond acceptors (Lipinski definition) is 4. The molecule has 0 saturated heterocycles. The molecule has 2 N–H and O–H groups in total. The van der Waals surface area contributed by atoms with Crippen molar-refractivity contribution in [3.8, 4) is 11.6 Å². The second-order valence-electron chi connectivity index (χ2n) is 3.24. The summed E-state index contributed by atoms with van der Waals surface area (Å²) in [5, 5.41) is 0.479. The fourth-order valence-corrected chi connectivity index (χ4v) is 1.38. The third-order valence-electron chi connectivity index (χ3n) is 2.01. The summed E-state index contributed by atoms with van der Waals surface area (Å²) in [7, 11) is 0. The molecule has 0 bridgehead atoms. The first-order chi connectivity index (χ1) is 7.66. The Bertz CT molecular complexity index is 516. The van der Waals surface area contributed by atoms with Gasteiger partial charge in [-0.2, -0.15) is 0 Å². The third-order valence-corrected chi connectivity index (χ3v) is 2.22. The topological polar surface area (TPSA) is 61.0 Å². The molecular weight excluding hydrogens is 226 g/mol. The van der Waals surface area contributed by atoms with Crippen molar-refractivity contribution < 1.29 is 4.74 Å². The van der Waals surface area contributed by atoms with Crippen LogP contribution in [0.15, 0.2) is 30.6 Å². The summed E-state index contributed by atoms with van der Waals surface area (Å²) in [4.78, 5) is 8.11. The van der Waals surface area contributed by atoms with Crippen LogP contribution in [0.5, 0.6) is 11.6 Å². The maximum Gasteiger partial charge on any atom is 0.242 e. The highest BCUT2D eigenvalue weighted by Gasteiger charge is 2.06. The molecule has 0 aliphatic carbocycles. The Balaban J connectivity index is 2.31. The summed E-state index contributed by atoms with van der Waals surface area (Å²) in [6.07, 6.45) is 3.18. The van der Waals surface area contributed by atoms with Crippen molar-refractivity contribution in [1.29, 1.82) is 0 Å². The number of aryl methyl sites for hydroxylation is 1. The van der Waals surface area contributed by atoms with Crippen molar-refractivity contribution >= 4 is 17.3 Å². The van der Waals surface area contributed by atoms with Crippen LogP contribution in [0.2, 0.25) is 5.02 Å². The molecule has 0 unspecified atom stereocenters. The molecule has 82 valence electrons. The molecular formula is C11H10ClN3O. The maximum atomic E-state index is 5.74. The van der Waals surface area contributed by atoms with Crippen molar-refractivity contribution in [1.82, 2.24) is 9.97 Å². The fraction of sp³-hybridized carbons (Fsp3) is 0.0909. The van der Waals surface area contributed by atoms with Crippen molar-refractivity contribution in [2.45, 2.75) is 6.92 Å². The minimum Gasteiger partial charge on any atom is -0.435 e. The number of nitrogens with two attached hydrogens (primary N) is 1. The summed E-state index contributed by atoms with van der Waals surface area (Å²) in [6, 6.07) is 5.18. The van der Waals surface area contributed by atoms with E-state index >= 15 is 0 Å². The average molecular weight is 236 g/mol. The summed E-state index contributed by atoms with van der Waals surface area (Å²) >= 11 is 5.74. The summed E-state index contributed by atoms with van der Waals surface area (Å²) in [5.41, 5.74) is 6.90. The van der Waals surface area contributed by atoms with Gasteiger partial charge in [0.2, 0.25) is 5.88 Å². The maximum absolute atomic E-state index is 5.74. The van der Waals surface area contributed by atoms with E-state index in [2.05, 4.69) is 9.97 Å². The second-order valence-corrected chi connectivity index (χ2v) is 3.67.